The number of sulfonamides is 1. The van der Waals surface area contributed by atoms with Crippen molar-refractivity contribution >= 4 is 27.3 Å². The highest BCUT2D eigenvalue weighted by Gasteiger charge is 2.21. The van der Waals surface area contributed by atoms with Gasteiger partial charge in [0.15, 0.2) is 0 Å². The van der Waals surface area contributed by atoms with Crippen LogP contribution in [-0.4, -0.2) is 15.0 Å². The number of hydrogen-bond donors (Lipinski definition) is 2. The van der Waals surface area contributed by atoms with Gasteiger partial charge in [0.1, 0.15) is 0 Å². The molecule has 0 spiro atoms. The van der Waals surface area contributed by atoms with Crippen molar-refractivity contribution in [2.45, 2.75) is 17.7 Å². The van der Waals surface area contributed by atoms with Crippen LogP contribution >= 0.6 is 11.6 Å². The molecule has 3 N–H and O–H groups in total. The van der Waals surface area contributed by atoms with E-state index < -0.39 is 10.0 Å². The van der Waals surface area contributed by atoms with E-state index in [0.29, 0.717) is 16.6 Å². The second kappa shape index (κ2) is 4.24. The van der Waals surface area contributed by atoms with Crippen molar-refractivity contribution < 1.29 is 8.42 Å². The minimum atomic E-state index is -3.66. The lowest BCUT2D eigenvalue weighted by molar-refractivity contribution is 0.598. The molecule has 1 saturated carbocycles. The highest BCUT2D eigenvalue weighted by molar-refractivity contribution is 7.89. The second-order valence-corrected chi connectivity index (χ2v) is 5.98. The Kier molecular flexibility index (Phi) is 3.10. The third-order valence-electron chi connectivity index (χ3n) is 2.54. The van der Waals surface area contributed by atoms with E-state index in [2.05, 4.69) is 5.32 Å². The van der Waals surface area contributed by atoms with E-state index in [-0.39, 0.29) is 4.90 Å². The minimum absolute atomic E-state index is 0.0789. The largest absolute Gasteiger partial charge is 0.384 e. The van der Waals surface area contributed by atoms with Crippen LogP contribution in [0.2, 0.25) is 5.02 Å². The number of benzene rings is 1. The Balaban J connectivity index is 2.21. The Labute approximate surface area is 99.8 Å². The van der Waals surface area contributed by atoms with E-state index in [9.17, 15) is 8.42 Å². The number of halogens is 1. The highest BCUT2D eigenvalue weighted by atomic mass is 35.5. The number of primary sulfonamides is 1. The van der Waals surface area contributed by atoms with Gasteiger partial charge in [-0.2, -0.15) is 0 Å². The van der Waals surface area contributed by atoms with E-state index in [1.54, 1.807) is 0 Å². The summed E-state index contributed by atoms with van der Waals surface area (Å²) in [4.78, 5) is 0.0789. The molecule has 1 aliphatic carbocycles. The van der Waals surface area contributed by atoms with Gasteiger partial charge in [-0.1, -0.05) is 11.6 Å². The molecule has 0 heterocycles. The third-order valence-corrected chi connectivity index (χ3v) is 3.79. The van der Waals surface area contributed by atoms with Crippen molar-refractivity contribution in [2.24, 2.45) is 11.1 Å². The van der Waals surface area contributed by atoms with E-state index in [1.165, 1.54) is 31.0 Å². The number of hydrogen-bond acceptors (Lipinski definition) is 3. The van der Waals surface area contributed by atoms with Crippen LogP contribution in [0.15, 0.2) is 23.1 Å². The molecule has 1 aromatic rings. The molecule has 0 aliphatic heterocycles. The normalized spacial score (nSPS) is 16.1. The molecule has 0 aromatic heterocycles. The summed E-state index contributed by atoms with van der Waals surface area (Å²) >= 11 is 5.95. The summed E-state index contributed by atoms with van der Waals surface area (Å²) in [6.07, 6.45) is 2.44. The Bertz CT molecular complexity index is 498. The summed E-state index contributed by atoms with van der Waals surface area (Å²) in [6.45, 7) is 0.827. The van der Waals surface area contributed by atoms with Gasteiger partial charge in [0.2, 0.25) is 10.0 Å². The van der Waals surface area contributed by atoms with Crippen molar-refractivity contribution in [1.82, 2.24) is 0 Å². The number of nitrogens with one attached hydrogen (secondary N) is 1. The minimum Gasteiger partial charge on any atom is -0.384 e. The van der Waals surface area contributed by atoms with Crippen LogP contribution in [0.1, 0.15) is 12.8 Å². The smallest absolute Gasteiger partial charge is 0.238 e. The standard InChI is InChI=1S/C10H13ClN2O2S/c11-9-4-3-8(16(12,14)15)5-10(9)13-6-7-1-2-7/h3-5,7,13H,1-2,6H2,(H2,12,14,15). The zero-order valence-corrected chi connectivity index (χ0v) is 10.2. The first-order valence-electron chi connectivity index (χ1n) is 5.03. The summed E-state index contributed by atoms with van der Waals surface area (Å²) in [5.41, 5.74) is 0.625. The summed E-state index contributed by atoms with van der Waals surface area (Å²) in [5, 5.41) is 8.69. The van der Waals surface area contributed by atoms with Gasteiger partial charge in [0.05, 0.1) is 15.6 Å². The average molecular weight is 261 g/mol. The first-order valence-corrected chi connectivity index (χ1v) is 6.95. The molecule has 0 unspecified atom stereocenters. The lowest BCUT2D eigenvalue weighted by Crippen LogP contribution is -2.13. The molecule has 2 rings (SSSR count). The number of anilines is 1. The van der Waals surface area contributed by atoms with Crippen molar-refractivity contribution in [3.63, 3.8) is 0 Å². The van der Waals surface area contributed by atoms with E-state index in [4.69, 9.17) is 16.7 Å². The van der Waals surface area contributed by atoms with Crippen molar-refractivity contribution in [1.29, 1.82) is 0 Å². The van der Waals surface area contributed by atoms with Gasteiger partial charge in [-0.25, -0.2) is 13.6 Å². The summed E-state index contributed by atoms with van der Waals surface area (Å²) in [5.74, 6) is 0.689. The maximum absolute atomic E-state index is 11.2. The second-order valence-electron chi connectivity index (χ2n) is 4.01. The monoisotopic (exact) mass is 260 g/mol. The van der Waals surface area contributed by atoms with Crippen LogP contribution in [0.5, 0.6) is 0 Å². The molecule has 0 amide bonds. The molecule has 88 valence electrons. The summed E-state index contributed by atoms with van der Waals surface area (Å²) < 4.78 is 22.3. The lowest BCUT2D eigenvalue weighted by Gasteiger charge is -2.09. The lowest BCUT2D eigenvalue weighted by atomic mass is 10.3. The van der Waals surface area contributed by atoms with Gasteiger partial charge in [0, 0.05) is 6.54 Å². The predicted octanol–water partition coefficient (Wildman–Crippen LogP) is 1.81. The highest BCUT2D eigenvalue weighted by Crippen LogP contribution is 2.31. The third kappa shape index (κ3) is 2.87. The zero-order chi connectivity index (χ0) is 11.8. The molecule has 0 atom stereocenters. The number of nitrogens with two attached hydrogens (primary N) is 1. The summed E-state index contributed by atoms with van der Waals surface area (Å²) in [7, 11) is -3.66. The molecular weight excluding hydrogens is 248 g/mol. The maximum Gasteiger partial charge on any atom is 0.238 e. The Morgan fingerprint density at radius 2 is 2.12 bits per heavy atom. The quantitative estimate of drug-likeness (QED) is 0.867. The Morgan fingerprint density at radius 3 is 2.69 bits per heavy atom. The van der Waals surface area contributed by atoms with Crippen LogP contribution in [0, 0.1) is 5.92 Å². The van der Waals surface area contributed by atoms with Crippen molar-refractivity contribution in [2.75, 3.05) is 11.9 Å². The maximum atomic E-state index is 11.2. The van der Waals surface area contributed by atoms with E-state index >= 15 is 0 Å². The SMILES string of the molecule is NS(=O)(=O)c1ccc(Cl)c(NCC2CC2)c1. The molecule has 0 bridgehead atoms. The van der Waals surface area contributed by atoms with Gasteiger partial charge in [-0.15, -0.1) is 0 Å². The molecule has 1 fully saturated rings. The molecule has 6 heteroatoms. The first kappa shape index (κ1) is 11.7. The molecule has 16 heavy (non-hydrogen) atoms. The first-order chi connectivity index (χ1) is 7.47. The van der Waals surface area contributed by atoms with Crippen LogP contribution in [0.25, 0.3) is 0 Å². The van der Waals surface area contributed by atoms with Crippen molar-refractivity contribution in [3.05, 3.63) is 23.2 Å². The molecule has 1 aromatic carbocycles. The topological polar surface area (TPSA) is 72.2 Å². The van der Waals surface area contributed by atoms with Gasteiger partial charge >= 0.3 is 0 Å². The van der Waals surface area contributed by atoms with Crippen molar-refractivity contribution in [3.8, 4) is 0 Å². The van der Waals surface area contributed by atoms with E-state index in [0.717, 1.165) is 6.54 Å². The Hall–Kier alpha value is -0.780. The van der Waals surface area contributed by atoms with E-state index in [1.807, 2.05) is 0 Å². The molecule has 4 nitrogen and oxygen atoms in total. The number of rotatable bonds is 4. The van der Waals surface area contributed by atoms with Crippen LogP contribution < -0.4 is 10.5 Å². The fraction of sp³-hybridized carbons (Fsp3) is 0.400. The van der Waals surface area contributed by atoms with Gasteiger partial charge in [-0.3, -0.25) is 0 Å². The van der Waals surface area contributed by atoms with Crippen LogP contribution in [0.4, 0.5) is 5.69 Å². The average Bonchev–Trinajstić information content (AvgIpc) is 2.98. The molecule has 1 aliphatic rings. The summed E-state index contributed by atoms with van der Waals surface area (Å²) in [6, 6.07) is 4.41. The zero-order valence-electron chi connectivity index (χ0n) is 8.61. The predicted molar refractivity (Wildman–Crippen MR) is 64.0 cm³/mol. The van der Waals surface area contributed by atoms with Gasteiger partial charge < -0.3 is 5.32 Å². The fourth-order valence-corrected chi connectivity index (χ4v) is 2.12. The Morgan fingerprint density at radius 1 is 1.44 bits per heavy atom. The van der Waals surface area contributed by atoms with Crippen LogP contribution in [-0.2, 0) is 10.0 Å². The molecular formula is C10H13ClN2O2S. The van der Waals surface area contributed by atoms with Gasteiger partial charge in [0.25, 0.3) is 0 Å². The molecule has 0 saturated heterocycles. The molecule has 0 radical (unpaired) electrons. The fourth-order valence-electron chi connectivity index (χ4n) is 1.39. The van der Waals surface area contributed by atoms with Crippen LogP contribution in [0.3, 0.4) is 0 Å². The van der Waals surface area contributed by atoms with Gasteiger partial charge in [-0.05, 0) is 37.0 Å².